The molecule has 3 atom stereocenters. The van der Waals surface area contributed by atoms with E-state index in [1.807, 2.05) is 30.3 Å². The number of carbonyl (C=O) groups excluding carboxylic acids is 1. The molecule has 5 nitrogen and oxygen atoms in total. The number of rotatable bonds is 5. The van der Waals surface area contributed by atoms with E-state index < -0.39 is 0 Å². The molecule has 0 radical (unpaired) electrons. The molecule has 0 unspecified atom stereocenters. The molecule has 0 aromatic heterocycles. The maximum Gasteiger partial charge on any atom is 0.227 e. The number of amides is 1. The lowest BCUT2D eigenvalue weighted by molar-refractivity contribution is -0.117. The third-order valence-corrected chi connectivity index (χ3v) is 6.70. The molecule has 2 aliphatic carbocycles. The number of hydrogen-bond acceptors (Lipinski definition) is 4. The average Bonchev–Trinajstić information content (AvgIpc) is 3.63. The molecule has 1 N–H and O–H groups in total. The number of anilines is 1. The minimum absolute atomic E-state index is 0.115. The first-order chi connectivity index (χ1) is 14.7. The van der Waals surface area contributed by atoms with Crippen LogP contribution in [0, 0.1) is 5.92 Å². The van der Waals surface area contributed by atoms with E-state index in [4.69, 9.17) is 14.2 Å². The van der Waals surface area contributed by atoms with Crippen LogP contribution in [-0.2, 0) is 9.53 Å². The van der Waals surface area contributed by atoms with Crippen LogP contribution in [0.1, 0.15) is 67.2 Å². The zero-order valence-corrected chi connectivity index (χ0v) is 17.6. The Labute approximate surface area is 177 Å². The third-order valence-electron chi connectivity index (χ3n) is 6.70. The Morgan fingerprint density at radius 2 is 1.70 bits per heavy atom. The maximum atomic E-state index is 12.3. The Morgan fingerprint density at radius 1 is 0.967 bits per heavy atom. The van der Waals surface area contributed by atoms with Gasteiger partial charge in [-0.25, -0.2) is 0 Å². The second kappa shape index (κ2) is 7.95. The van der Waals surface area contributed by atoms with E-state index in [0.29, 0.717) is 5.92 Å². The molecule has 2 saturated carbocycles. The molecule has 3 aliphatic rings. The maximum absolute atomic E-state index is 12.3. The summed E-state index contributed by atoms with van der Waals surface area (Å²) >= 11 is 0. The average molecular weight is 408 g/mol. The molecule has 2 aromatic carbocycles. The molecule has 2 fully saturated rings. The lowest BCUT2D eigenvalue weighted by Gasteiger charge is -2.42. The van der Waals surface area contributed by atoms with Crippen molar-refractivity contribution in [3.05, 3.63) is 53.1 Å². The molecule has 1 aliphatic heterocycles. The van der Waals surface area contributed by atoms with Gasteiger partial charge < -0.3 is 19.5 Å². The number of carbonyl (C=O) groups is 1. The Balaban J connectivity index is 1.58. The number of nitrogens with one attached hydrogen (secondary N) is 1. The second-order valence-corrected chi connectivity index (χ2v) is 8.63. The van der Waals surface area contributed by atoms with Crippen molar-refractivity contribution in [2.45, 2.75) is 56.7 Å². The summed E-state index contributed by atoms with van der Waals surface area (Å²) in [7, 11) is 3.44. The number of hydrogen-bond donors (Lipinski definition) is 1. The van der Waals surface area contributed by atoms with E-state index >= 15 is 0 Å². The van der Waals surface area contributed by atoms with Gasteiger partial charge in [0.2, 0.25) is 5.91 Å². The van der Waals surface area contributed by atoms with Gasteiger partial charge >= 0.3 is 0 Å². The molecule has 158 valence electrons. The van der Waals surface area contributed by atoms with Crippen molar-refractivity contribution in [1.29, 1.82) is 0 Å². The highest BCUT2D eigenvalue weighted by Gasteiger charge is 2.41. The molecule has 2 aromatic rings. The summed E-state index contributed by atoms with van der Waals surface area (Å²) in [6.07, 6.45) is 6.45. The topological polar surface area (TPSA) is 56.8 Å². The van der Waals surface area contributed by atoms with Gasteiger partial charge in [0.25, 0.3) is 0 Å². The summed E-state index contributed by atoms with van der Waals surface area (Å²) in [5, 5.41) is 3.06. The highest BCUT2D eigenvalue weighted by molar-refractivity contribution is 5.94. The van der Waals surface area contributed by atoms with Gasteiger partial charge in [0, 0.05) is 28.7 Å². The van der Waals surface area contributed by atoms with Crippen LogP contribution in [0.5, 0.6) is 11.5 Å². The van der Waals surface area contributed by atoms with Gasteiger partial charge in [0.05, 0.1) is 20.3 Å². The molecule has 5 heteroatoms. The first kappa shape index (κ1) is 19.4. The highest BCUT2D eigenvalue weighted by atomic mass is 16.5. The zero-order chi connectivity index (χ0) is 20.7. The van der Waals surface area contributed by atoms with Crippen LogP contribution in [0.3, 0.4) is 0 Å². The van der Waals surface area contributed by atoms with Gasteiger partial charge in [-0.3, -0.25) is 4.79 Å². The summed E-state index contributed by atoms with van der Waals surface area (Å²) in [5.41, 5.74) is 4.14. The lowest BCUT2D eigenvalue weighted by atomic mass is 9.75. The van der Waals surface area contributed by atoms with Crippen molar-refractivity contribution in [2.75, 3.05) is 19.5 Å². The minimum Gasteiger partial charge on any atom is -0.496 e. The summed E-state index contributed by atoms with van der Waals surface area (Å²) in [5.74, 6) is 2.35. The Bertz CT molecular complexity index is 952. The van der Waals surface area contributed by atoms with Crippen LogP contribution in [0.2, 0.25) is 0 Å². The van der Waals surface area contributed by atoms with Crippen LogP contribution in [-0.4, -0.2) is 26.2 Å². The third kappa shape index (κ3) is 3.45. The van der Waals surface area contributed by atoms with Gasteiger partial charge in [-0.1, -0.05) is 25.0 Å². The molecule has 1 heterocycles. The number of ether oxygens (including phenoxy) is 3. The van der Waals surface area contributed by atoms with E-state index in [1.165, 1.54) is 18.4 Å². The SMILES string of the molecule is COc1ccc(OC)c2c1[C@H](c1cccc(NC(=O)C3CC3)c1)O[C@@H]1CCCC[C@@H]21. The minimum atomic E-state index is -0.248. The zero-order valence-electron chi connectivity index (χ0n) is 17.6. The van der Waals surface area contributed by atoms with Crippen molar-refractivity contribution in [2.24, 2.45) is 5.92 Å². The first-order valence-corrected chi connectivity index (χ1v) is 11.0. The van der Waals surface area contributed by atoms with Crippen molar-refractivity contribution < 1.29 is 19.0 Å². The fourth-order valence-corrected chi connectivity index (χ4v) is 5.05. The Hall–Kier alpha value is -2.53. The van der Waals surface area contributed by atoms with Crippen LogP contribution in [0.25, 0.3) is 0 Å². The van der Waals surface area contributed by atoms with Crippen molar-refractivity contribution >= 4 is 11.6 Å². The van der Waals surface area contributed by atoms with E-state index in [0.717, 1.165) is 54.0 Å². The van der Waals surface area contributed by atoms with Gasteiger partial charge in [-0.05, 0) is 55.5 Å². The molecule has 30 heavy (non-hydrogen) atoms. The lowest BCUT2D eigenvalue weighted by Crippen LogP contribution is -2.34. The van der Waals surface area contributed by atoms with Crippen LogP contribution in [0.4, 0.5) is 5.69 Å². The molecule has 0 saturated heterocycles. The predicted octanol–water partition coefficient (Wildman–Crippen LogP) is 5.20. The van der Waals surface area contributed by atoms with Crippen molar-refractivity contribution in [1.82, 2.24) is 0 Å². The van der Waals surface area contributed by atoms with Gasteiger partial charge in [0.1, 0.15) is 17.6 Å². The quantitative estimate of drug-likeness (QED) is 0.740. The smallest absolute Gasteiger partial charge is 0.227 e. The fraction of sp³-hybridized carbons (Fsp3) is 0.480. The Morgan fingerprint density at radius 3 is 2.43 bits per heavy atom. The summed E-state index contributed by atoms with van der Waals surface area (Å²) in [6, 6.07) is 12.0. The molecule has 0 spiro atoms. The molecular formula is C25H29NO4. The molecule has 1 amide bonds. The van der Waals surface area contributed by atoms with Gasteiger partial charge in [0.15, 0.2) is 0 Å². The molecular weight excluding hydrogens is 378 g/mol. The standard InChI is InChI=1S/C25H29NO4/c1-28-20-12-13-21(29-2)23-22(20)18-8-3-4-9-19(18)30-24(23)16-6-5-7-17(14-16)26-25(27)15-10-11-15/h5-7,12-15,18-19,24H,3-4,8-11H2,1-2H3,(H,26,27)/t18-,19-,24+/m1/s1. The number of methoxy groups -OCH3 is 2. The largest absolute Gasteiger partial charge is 0.496 e. The second-order valence-electron chi connectivity index (χ2n) is 8.63. The highest BCUT2D eigenvalue weighted by Crippen LogP contribution is 2.53. The van der Waals surface area contributed by atoms with E-state index in [9.17, 15) is 4.79 Å². The van der Waals surface area contributed by atoms with Crippen LogP contribution in [0.15, 0.2) is 36.4 Å². The predicted molar refractivity (Wildman–Crippen MR) is 115 cm³/mol. The van der Waals surface area contributed by atoms with Gasteiger partial charge in [-0.2, -0.15) is 0 Å². The molecule has 0 bridgehead atoms. The van der Waals surface area contributed by atoms with Crippen LogP contribution < -0.4 is 14.8 Å². The summed E-state index contributed by atoms with van der Waals surface area (Å²) in [6.45, 7) is 0. The number of benzene rings is 2. The van der Waals surface area contributed by atoms with Crippen LogP contribution >= 0.6 is 0 Å². The summed E-state index contributed by atoms with van der Waals surface area (Å²) in [4.78, 5) is 12.3. The fourth-order valence-electron chi connectivity index (χ4n) is 5.05. The van der Waals surface area contributed by atoms with E-state index in [2.05, 4.69) is 11.4 Å². The first-order valence-electron chi connectivity index (χ1n) is 11.0. The van der Waals surface area contributed by atoms with Gasteiger partial charge in [-0.15, -0.1) is 0 Å². The van der Waals surface area contributed by atoms with E-state index in [-0.39, 0.29) is 24.0 Å². The van der Waals surface area contributed by atoms with Crippen molar-refractivity contribution in [3.63, 3.8) is 0 Å². The monoisotopic (exact) mass is 407 g/mol. The van der Waals surface area contributed by atoms with E-state index in [1.54, 1.807) is 14.2 Å². The summed E-state index contributed by atoms with van der Waals surface area (Å²) < 4.78 is 18.3. The number of fused-ring (bicyclic) bond motifs is 3. The normalized spacial score (nSPS) is 25.1. The van der Waals surface area contributed by atoms with Crippen molar-refractivity contribution in [3.8, 4) is 11.5 Å². The molecule has 5 rings (SSSR count). The Kier molecular flexibility index (Phi) is 5.15.